The quantitative estimate of drug-likeness (QED) is 0.668. The summed E-state index contributed by atoms with van der Waals surface area (Å²) in [7, 11) is 0. The summed E-state index contributed by atoms with van der Waals surface area (Å²) in [5.74, 6) is -1.27. The van der Waals surface area contributed by atoms with E-state index in [0.717, 1.165) is 16.4 Å². The van der Waals surface area contributed by atoms with Crippen molar-refractivity contribution in [2.75, 3.05) is 0 Å². The predicted octanol–water partition coefficient (Wildman–Crippen LogP) is 0.0292. The second-order valence-electron chi connectivity index (χ2n) is 2.91. The van der Waals surface area contributed by atoms with Crippen molar-refractivity contribution in [1.29, 1.82) is 0 Å². The lowest BCUT2D eigenvalue weighted by Gasteiger charge is -1.94. The number of hydrogen-bond acceptors (Lipinski definition) is 3. The van der Waals surface area contributed by atoms with E-state index in [0.29, 0.717) is 5.65 Å². The van der Waals surface area contributed by atoms with Crippen molar-refractivity contribution in [2.24, 2.45) is 0 Å². The van der Waals surface area contributed by atoms with E-state index in [1.807, 2.05) is 0 Å². The van der Waals surface area contributed by atoms with Crippen molar-refractivity contribution in [2.45, 2.75) is 6.92 Å². The van der Waals surface area contributed by atoms with E-state index in [1.165, 1.54) is 0 Å². The number of aromatic nitrogens is 3. The SMILES string of the molecule is Cc1cc2ncc(C(=O)O)c(=O)n2[nH]1. The lowest BCUT2D eigenvalue weighted by molar-refractivity contribution is 0.0694. The van der Waals surface area contributed by atoms with Crippen LogP contribution < -0.4 is 5.56 Å². The Bertz CT molecular complexity index is 567. The number of aryl methyl sites for hydroxylation is 1. The minimum Gasteiger partial charge on any atom is -0.477 e. The highest BCUT2D eigenvalue weighted by molar-refractivity contribution is 5.86. The summed E-state index contributed by atoms with van der Waals surface area (Å²) in [6, 6.07) is 1.66. The lowest BCUT2D eigenvalue weighted by Crippen LogP contribution is -2.22. The molecule has 0 spiro atoms. The molecule has 0 saturated heterocycles. The topological polar surface area (TPSA) is 87.5 Å². The van der Waals surface area contributed by atoms with E-state index < -0.39 is 11.5 Å². The molecule has 2 aromatic rings. The summed E-state index contributed by atoms with van der Waals surface area (Å²) in [5, 5.41) is 11.4. The fraction of sp³-hybridized carbons (Fsp3) is 0.125. The second kappa shape index (κ2) is 2.69. The molecule has 0 aliphatic carbocycles. The number of rotatable bonds is 1. The summed E-state index contributed by atoms with van der Waals surface area (Å²) < 4.78 is 1.11. The van der Waals surface area contributed by atoms with Crippen LogP contribution in [-0.2, 0) is 0 Å². The third kappa shape index (κ3) is 1.08. The Morgan fingerprint density at radius 1 is 1.64 bits per heavy atom. The fourth-order valence-electron chi connectivity index (χ4n) is 1.23. The van der Waals surface area contributed by atoms with Crippen molar-refractivity contribution < 1.29 is 9.90 Å². The molecule has 0 atom stereocenters. The van der Waals surface area contributed by atoms with Gasteiger partial charge in [-0.05, 0) is 6.92 Å². The van der Waals surface area contributed by atoms with Gasteiger partial charge < -0.3 is 5.11 Å². The molecule has 0 saturated carbocycles. The molecular weight excluding hydrogens is 186 g/mol. The smallest absolute Gasteiger partial charge is 0.343 e. The van der Waals surface area contributed by atoms with Crippen LogP contribution in [0.4, 0.5) is 0 Å². The molecule has 72 valence electrons. The molecular formula is C8H7N3O3. The number of fused-ring (bicyclic) bond motifs is 1. The van der Waals surface area contributed by atoms with Gasteiger partial charge in [0.2, 0.25) is 0 Å². The molecule has 0 unspecified atom stereocenters. The first kappa shape index (κ1) is 8.49. The molecule has 2 N–H and O–H groups in total. The van der Waals surface area contributed by atoms with Crippen molar-refractivity contribution in [3.05, 3.63) is 33.9 Å². The van der Waals surface area contributed by atoms with Crippen LogP contribution in [0.2, 0.25) is 0 Å². The number of carbonyl (C=O) groups is 1. The van der Waals surface area contributed by atoms with Gasteiger partial charge in [0.1, 0.15) is 5.56 Å². The van der Waals surface area contributed by atoms with Crippen LogP contribution in [0.15, 0.2) is 17.1 Å². The Labute approximate surface area is 77.8 Å². The molecule has 0 amide bonds. The van der Waals surface area contributed by atoms with Gasteiger partial charge >= 0.3 is 5.97 Å². The number of carboxylic acid groups (broad SMARTS) is 1. The van der Waals surface area contributed by atoms with Crippen molar-refractivity contribution >= 4 is 11.6 Å². The highest BCUT2D eigenvalue weighted by Gasteiger charge is 2.12. The number of H-pyrrole nitrogens is 1. The van der Waals surface area contributed by atoms with E-state index in [2.05, 4.69) is 10.1 Å². The Kier molecular flexibility index (Phi) is 1.63. The average molecular weight is 193 g/mol. The normalized spacial score (nSPS) is 10.6. The van der Waals surface area contributed by atoms with Gasteiger partial charge in [-0.15, -0.1) is 0 Å². The van der Waals surface area contributed by atoms with Crippen LogP contribution in [0.3, 0.4) is 0 Å². The summed E-state index contributed by atoms with van der Waals surface area (Å²) >= 11 is 0. The number of carboxylic acids is 1. The van der Waals surface area contributed by atoms with Gasteiger partial charge in [0.15, 0.2) is 5.65 Å². The standard InChI is InChI=1S/C8H7N3O3/c1-4-2-6-9-3-5(8(13)14)7(12)11(6)10-4/h2-3,10H,1H3,(H,13,14). The summed E-state index contributed by atoms with van der Waals surface area (Å²) in [6.07, 6.45) is 1.06. The van der Waals surface area contributed by atoms with E-state index in [1.54, 1.807) is 13.0 Å². The van der Waals surface area contributed by atoms with Crippen molar-refractivity contribution in [3.63, 3.8) is 0 Å². The zero-order valence-corrected chi connectivity index (χ0v) is 7.31. The Morgan fingerprint density at radius 3 is 3.00 bits per heavy atom. The third-order valence-electron chi connectivity index (χ3n) is 1.85. The molecule has 6 nitrogen and oxygen atoms in total. The van der Waals surface area contributed by atoms with Crippen molar-refractivity contribution in [3.8, 4) is 0 Å². The molecule has 6 heteroatoms. The molecule has 2 heterocycles. The maximum absolute atomic E-state index is 11.5. The van der Waals surface area contributed by atoms with E-state index >= 15 is 0 Å². The average Bonchev–Trinajstić information content (AvgIpc) is 2.46. The molecule has 0 fully saturated rings. The van der Waals surface area contributed by atoms with Gasteiger partial charge in [-0.3, -0.25) is 9.89 Å². The highest BCUT2D eigenvalue weighted by Crippen LogP contribution is 1.99. The number of aromatic carboxylic acids is 1. The van der Waals surface area contributed by atoms with E-state index in [9.17, 15) is 9.59 Å². The van der Waals surface area contributed by atoms with Crippen LogP contribution in [0.25, 0.3) is 5.65 Å². The Balaban J connectivity index is 2.88. The van der Waals surface area contributed by atoms with Gasteiger partial charge in [-0.25, -0.2) is 14.3 Å². The molecule has 0 aromatic carbocycles. The summed E-state index contributed by atoms with van der Waals surface area (Å²) in [5.41, 5.74) is 0.217. The zero-order valence-electron chi connectivity index (χ0n) is 7.31. The lowest BCUT2D eigenvalue weighted by atomic mass is 10.3. The molecule has 14 heavy (non-hydrogen) atoms. The first-order chi connectivity index (χ1) is 6.59. The van der Waals surface area contributed by atoms with Gasteiger partial charge in [0.05, 0.1) is 0 Å². The van der Waals surface area contributed by atoms with Crippen LogP contribution in [0.5, 0.6) is 0 Å². The van der Waals surface area contributed by atoms with Gasteiger partial charge in [0.25, 0.3) is 5.56 Å². The number of nitrogens with one attached hydrogen (secondary N) is 1. The number of aromatic amines is 1. The van der Waals surface area contributed by atoms with Gasteiger partial charge in [-0.1, -0.05) is 0 Å². The predicted molar refractivity (Wildman–Crippen MR) is 47.5 cm³/mol. The summed E-state index contributed by atoms with van der Waals surface area (Å²) in [4.78, 5) is 25.9. The van der Waals surface area contributed by atoms with Gasteiger partial charge in [0, 0.05) is 18.0 Å². The third-order valence-corrected chi connectivity index (χ3v) is 1.85. The maximum atomic E-state index is 11.5. The molecule has 0 aliphatic heterocycles. The van der Waals surface area contributed by atoms with Crippen molar-refractivity contribution in [1.82, 2.24) is 14.6 Å². The minimum absolute atomic E-state index is 0.343. The maximum Gasteiger partial charge on any atom is 0.343 e. The largest absolute Gasteiger partial charge is 0.477 e. The highest BCUT2D eigenvalue weighted by atomic mass is 16.4. The fourth-order valence-corrected chi connectivity index (χ4v) is 1.23. The Hall–Kier alpha value is -2.11. The van der Waals surface area contributed by atoms with Crippen LogP contribution >= 0.6 is 0 Å². The summed E-state index contributed by atoms with van der Waals surface area (Å²) in [6.45, 7) is 1.76. The zero-order chi connectivity index (χ0) is 10.3. The second-order valence-corrected chi connectivity index (χ2v) is 2.91. The first-order valence-corrected chi connectivity index (χ1v) is 3.90. The van der Waals surface area contributed by atoms with E-state index in [4.69, 9.17) is 5.11 Å². The molecule has 0 aliphatic rings. The van der Waals surface area contributed by atoms with Crippen LogP contribution in [-0.4, -0.2) is 25.7 Å². The van der Waals surface area contributed by atoms with E-state index in [-0.39, 0.29) is 5.56 Å². The first-order valence-electron chi connectivity index (χ1n) is 3.90. The molecule has 2 aromatic heterocycles. The number of hydrogen-bond donors (Lipinski definition) is 2. The molecule has 0 bridgehead atoms. The Morgan fingerprint density at radius 2 is 2.36 bits per heavy atom. The number of nitrogens with zero attached hydrogens (tertiary/aromatic N) is 2. The monoisotopic (exact) mass is 193 g/mol. The van der Waals surface area contributed by atoms with Crippen LogP contribution in [0, 0.1) is 6.92 Å². The molecule has 0 radical (unpaired) electrons. The van der Waals surface area contributed by atoms with Gasteiger partial charge in [-0.2, -0.15) is 0 Å². The molecule has 2 rings (SSSR count). The minimum atomic E-state index is -1.27. The van der Waals surface area contributed by atoms with Crippen LogP contribution in [0.1, 0.15) is 16.1 Å².